The summed E-state index contributed by atoms with van der Waals surface area (Å²) in [6.45, 7) is 3.94. The van der Waals surface area contributed by atoms with Crippen LogP contribution in [-0.4, -0.2) is 20.5 Å². The number of rotatable bonds is 7. The van der Waals surface area contributed by atoms with E-state index in [0.29, 0.717) is 0 Å². The molecule has 0 unspecified atom stereocenters. The summed E-state index contributed by atoms with van der Waals surface area (Å²) in [5.74, 6) is 0. The zero-order valence-electron chi connectivity index (χ0n) is 9.67. The minimum atomic E-state index is -0.199. The van der Waals surface area contributed by atoms with Crippen LogP contribution in [0.2, 0.25) is 0 Å². The molecule has 0 amide bonds. The molecule has 0 saturated carbocycles. The van der Waals surface area contributed by atoms with Gasteiger partial charge >= 0.3 is 0 Å². The van der Waals surface area contributed by atoms with Crippen LogP contribution in [0.25, 0.3) is 0 Å². The molecule has 0 aliphatic rings. The molecule has 0 radical (unpaired) electrons. The van der Waals surface area contributed by atoms with Gasteiger partial charge in [0.1, 0.15) is 0 Å². The van der Waals surface area contributed by atoms with Crippen molar-refractivity contribution in [2.45, 2.75) is 45.8 Å². The van der Waals surface area contributed by atoms with Crippen LogP contribution in [0.15, 0.2) is 0 Å². The van der Waals surface area contributed by atoms with Crippen molar-refractivity contribution in [3.63, 3.8) is 0 Å². The van der Waals surface area contributed by atoms with Crippen LogP contribution >= 0.6 is 0 Å². The first-order valence-electron chi connectivity index (χ1n) is 5.02. The standard InChI is InChI=1S/C11H21NO2/c1-11(2,9-12)8-6-5-7-10(13-3)14-4/h10H,5-8H2,1-4H3. The number of ether oxygens (including phenoxy) is 2. The maximum atomic E-state index is 8.80. The molecule has 0 N–H and O–H groups in total. The summed E-state index contributed by atoms with van der Waals surface area (Å²) in [7, 11) is 3.29. The second-order valence-electron chi connectivity index (χ2n) is 4.14. The Balaban J connectivity index is 3.52. The second kappa shape index (κ2) is 6.80. The van der Waals surface area contributed by atoms with Crippen LogP contribution in [0.4, 0.5) is 0 Å². The van der Waals surface area contributed by atoms with Gasteiger partial charge in [0.05, 0.1) is 11.5 Å². The Bertz CT molecular complexity index is 180. The number of hydrogen-bond acceptors (Lipinski definition) is 3. The lowest BCUT2D eigenvalue weighted by Crippen LogP contribution is -2.13. The van der Waals surface area contributed by atoms with E-state index in [1.807, 2.05) is 13.8 Å². The first kappa shape index (κ1) is 13.4. The number of methoxy groups -OCH3 is 2. The highest BCUT2D eigenvalue weighted by molar-refractivity contribution is 4.91. The van der Waals surface area contributed by atoms with Crippen molar-refractivity contribution in [1.29, 1.82) is 5.26 Å². The van der Waals surface area contributed by atoms with Crippen molar-refractivity contribution >= 4 is 0 Å². The molecule has 3 nitrogen and oxygen atoms in total. The lowest BCUT2D eigenvalue weighted by Gasteiger charge is -2.16. The second-order valence-corrected chi connectivity index (χ2v) is 4.14. The maximum Gasteiger partial charge on any atom is 0.156 e. The third-order valence-corrected chi connectivity index (χ3v) is 2.32. The fourth-order valence-corrected chi connectivity index (χ4v) is 1.27. The normalized spacial score (nSPS) is 11.7. The Morgan fingerprint density at radius 3 is 2.21 bits per heavy atom. The number of nitriles is 1. The van der Waals surface area contributed by atoms with Crippen molar-refractivity contribution < 1.29 is 9.47 Å². The predicted octanol–water partition coefficient (Wildman–Crippen LogP) is 2.72. The molecule has 0 atom stereocenters. The number of hydrogen-bond donors (Lipinski definition) is 0. The van der Waals surface area contributed by atoms with Gasteiger partial charge < -0.3 is 9.47 Å². The zero-order valence-corrected chi connectivity index (χ0v) is 9.67. The molecule has 0 aliphatic carbocycles. The van der Waals surface area contributed by atoms with Gasteiger partial charge in [0.2, 0.25) is 0 Å². The lowest BCUT2D eigenvalue weighted by atomic mass is 9.89. The number of unbranched alkanes of at least 4 members (excludes halogenated alkanes) is 1. The molecular formula is C11H21NO2. The Hall–Kier alpha value is -0.590. The van der Waals surface area contributed by atoms with Gasteiger partial charge in [0.15, 0.2) is 6.29 Å². The molecule has 0 aliphatic heterocycles. The third-order valence-electron chi connectivity index (χ3n) is 2.32. The van der Waals surface area contributed by atoms with Crippen molar-refractivity contribution in [3.05, 3.63) is 0 Å². The van der Waals surface area contributed by atoms with Crippen molar-refractivity contribution in [2.75, 3.05) is 14.2 Å². The summed E-state index contributed by atoms with van der Waals surface area (Å²) >= 11 is 0. The first-order valence-corrected chi connectivity index (χ1v) is 5.02. The van der Waals surface area contributed by atoms with Crippen molar-refractivity contribution in [1.82, 2.24) is 0 Å². The molecule has 0 aromatic carbocycles. The van der Waals surface area contributed by atoms with Gasteiger partial charge in [-0.25, -0.2) is 0 Å². The Kier molecular flexibility index (Phi) is 6.52. The van der Waals surface area contributed by atoms with E-state index in [1.165, 1.54) is 0 Å². The molecule has 0 rings (SSSR count). The van der Waals surface area contributed by atoms with Crippen LogP contribution in [0.1, 0.15) is 39.5 Å². The van der Waals surface area contributed by atoms with E-state index >= 15 is 0 Å². The van der Waals surface area contributed by atoms with Crippen molar-refractivity contribution in [2.24, 2.45) is 5.41 Å². The monoisotopic (exact) mass is 199 g/mol. The summed E-state index contributed by atoms with van der Waals surface area (Å²) in [5.41, 5.74) is -0.199. The molecule has 0 heterocycles. The summed E-state index contributed by atoms with van der Waals surface area (Å²) in [6, 6.07) is 2.29. The molecule has 14 heavy (non-hydrogen) atoms. The summed E-state index contributed by atoms with van der Waals surface area (Å²) < 4.78 is 10.1. The lowest BCUT2D eigenvalue weighted by molar-refractivity contribution is -0.107. The maximum absolute atomic E-state index is 8.80. The zero-order chi connectivity index (χ0) is 11.0. The van der Waals surface area contributed by atoms with Crippen LogP contribution in [-0.2, 0) is 9.47 Å². The van der Waals surface area contributed by atoms with Gasteiger partial charge in [0, 0.05) is 14.2 Å². The Labute approximate surface area is 87.0 Å². The topological polar surface area (TPSA) is 42.2 Å². The highest BCUT2D eigenvalue weighted by Crippen LogP contribution is 2.22. The van der Waals surface area contributed by atoms with Gasteiger partial charge in [-0.1, -0.05) is 6.42 Å². The minimum absolute atomic E-state index is 0.0970. The SMILES string of the molecule is COC(CCCCC(C)(C)C#N)OC. The van der Waals surface area contributed by atoms with Crippen LogP contribution < -0.4 is 0 Å². The van der Waals surface area contributed by atoms with Crippen LogP contribution in [0.3, 0.4) is 0 Å². The van der Waals surface area contributed by atoms with Gasteiger partial charge in [0.25, 0.3) is 0 Å². The Morgan fingerprint density at radius 1 is 1.21 bits per heavy atom. The number of nitrogens with zero attached hydrogens (tertiary/aromatic N) is 1. The summed E-state index contributed by atoms with van der Waals surface area (Å²) in [4.78, 5) is 0. The molecular weight excluding hydrogens is 178 g/mol. The molecule has 82 valence electrons. The van der Waals surface area contributed by atoms with Gasteiger partial charge in [-0.3, -0.25) is 0 Å². The smallest absolute Gasteiger partial charge is 0.156 e. The van der Waals surface area contributed by atoms with E-state index in [-0.39, 0.29) is 11.7 Å². The molecule has 0 saturated heterocycles. The van der Waals surface area contributed by atoms with E-state index in [0.717, 1.165) is 25.7 Å². The fourth-order valence-electron chi connectivity index (χ4n) is 1.27. The average molecular weight is 199 g/mol. The van der Waals surface area contributed by atoms with E-state index in [4.69, 9.17) is 14.7 Å². The fraction of sp³-hybridized carbons (Fsp3) is 0.909. The van der Waals surface area contributed by atoms with Crippen molar-refractivity contribution in [3.8, 4) is 6.07 Å². The Morgan fingerprint density at radius 2 is 1.79 bits per heavy atom. The quantitative estimate of drug-likeness (QED) is 0.467. The molecule has 0 aromatic heterocycles. The van der Waals surface area contributed by atoms with E-state index in [1.54, 1.807) is 14.2 Å². The summed E-state index contributed by atoms with van der Waals surface area (Å²) in [5, 5.41) is 8.80. The predicted molar refractivity (Wildman–Crippen MR) is 55.7 cm³/mol. The average Bonchev–Trinajstić information content (AvgIpc) is 2.18. The third kappa shape index (κ3) is 5.95. The van der Waals surface area contributed by atoms with Crippen LogP contribution in [0, 0.1) is 16.7 Å². The summed E-state index contributed by atoms with van der Waals surface area (Å²) in [6.07, 6.45) is 3.82. The molecule has 0 spiro atoms. The minimum Gasteiger partial charge on any atom is -0.356 e. The highest BCUT2D eigenvalue weighted by Gasteiger charge is 2.15. The van der Waals surface area contributed by atoms with Crippen LogP contribution in [0.5, 0.6) is 0 Å². The molecule has 0 aromatic rings. The van der Waals surface area contributed by atoms with Gasteiger partial charge in [-0.15, -0.1) is 0 Å². The van der Waals surface area contributed by atoms with E-state index < -0.39 is 0 Å². The highest BCUT2D eigenvalue weighted by atomic mass is 16.7. The first-order chi connectivity index (χ1) is 6.55. The molecule has 3 heteroatoms. The molecule has 0 bridgehead atoms. The van der Waals surface area contributed by atoms with Gasteiger partial charge in [-0.05, 0) is 33.1 Å². The van der Waals surface area contributed by atoms with E-state index in [9.17, 15) is 0 Å². The molecule has 0 fully saturated rings. The largest absolute Gasteiger partial charge is 0.356 e. The van der Waals surface area contributed by atoms with E-state index in [2.05, 4.69) is 6.07 Å². The van der Waals surface area contributed by atoms with Gasteiger partial charge in [-0.2, -0.15) is 5.26 Å².